The molecule has 1 aromatic heterocycles. The van der Waals surface area contributed by atoms with Crippen LogP contribution >= 0.6 is 35.4 Å². The number of halogens is 2. The van der Waals surface area contributed by atoms with Gasteiger partial charge in [0.25, 0.3) is 0 Å². The fourth-order valence-corrected chi connectivity index (χ4v) is 1.39. The standard InChI is InChI=1S/C5H6Cl2N2OS/c1-10-2-9-4(7)3(6)8-5(9)11/h2H2,1H3,(H,8,11). The third kappa shape index (κ3) is 1.76. The first kappa shape index (κ1) is 9.06. The number of nitrogens with zero attached hydrogens (tertiary/aromatic N) is 1. The minimum absolute atomic E-state index is 0.306. The molecule has 0 aliphatic heterocycles. The summed E-state index contributed by atoms with van der Waals surface area (Å²) in [6, 6.07) is 0. The molecule has 0 spiro atoms. The number of aromatic nitrogens is 2. The van der Waals surface area contributed by atoms with Crippen molar-refractivity contribution in [3.05, 3.63) is 15.1 Å². The number of rotatable bonds is 2. The highest BCUT2D eigenvalue weighted by Crippen LogP contribution is 2.20. The van der Waals surface area contributed by atoms with Gasteiger partial charge >= 0.3 is 0 Å². The van der Waals surface area contributed by atoms with E-state index < -0.39 is 0 Å². The summed E-state index contributed by atoms with van der Waals surface area (Å²) in [5, 5.41) is 0.715. The van der Waals surface area contributed by atoms with Gasteiger partial charge in [-0.15, -0.1) is 0 Å². The lowest BCUT2D eigenvalue weighted by Crippen LogP contribution is -1.99. The molecule has 11 heavy (non-hydrogen) atoms. The molecule has 0 atom stereocenters. The van der Waals surface area contributed by atoms with Gasteiger partial charge in [0.1, 0.15) is 17.0 Å². The Kier molecular flexibility index (Phi) is 2.95. The summed E-state index contributed by atoms with van der Waals surface area (Å²) in [7, 11) is 1.55. The van der Waals surface area contributed by atoms with Gasteiger partial charge < -0.3 is 9.72 Å². The fraction of sp³-hybridized carbons (Fsp3) is 0.400. The van der Waals surface area contributed by atoms with E-state index in [9.17, 15) is 0 Å². The van der Waals surface area contributed by atoms with Gasteiger partial charge in [-0.25, -0.2) is 0 Å². The van der Waals surface area contributed by atoms with Crippen molar-refractivity contribution in [1.82, 2.24) is 9.55 Å². The Bertz CT molecular complexity index is 306. The highest BCUT2D eigenvalue weighted by molar-refractivity contribution is 7.71. The highest BCUT2D eigenvalue weighted by Gasteiger charge is 2.05. The first-order chi connectivity index (χ1) is 5.16. The zero-order valence-electron chi connectivity index (χ0n) is 5.73. The van der Waals surface area contributed by atoms with Crippen LogP contribution < -0.4 is 0 Å². The van der Waals surface area contributed by atoms with Crippen molar-refractivity contribution in [1.29, 1.82) is 0 Å². The monoisotopic (exact) mass is 212 g/mol. The van der Waals surface area contributed by atoms with Gasteiger partial charge in [-0.05, 0) is 12.2 Å². The van der Waals surface area contributed by atoms with Crippen molar-refractivity contribution in [2.24, 2.45) is 0 Å². The van der Waals surface area contributed by atoms with Crippen LogP contribution in [0.3, 0.4) is 0 Å². The normalized spacial score (nSPS) is 10.5. The maximum Gasteiger partial charge on any atom is 0.181 e. The Hall–Kier alpha value is -0.0300. The summed E-state index contributed by atoms with van der Waals surface area (Å²) in [5.74, 6) is 0. The van der Waals surface area contributed by atoms with Crippen LogP contribution in [0.5, 0.6) is 0 Å². The average molecular weight is 213 g/mol. The van der Waals surface area contributed by atoms with Crippen molar-refractivity contribution in [3.63, 3.8) is 0 Å². The Morgan fingerprint density at radius 2 is 2.27 bits per heavy atom. The van der Waals surface area contributed by atoms with Crippen molar-refractivity contribution < 1.29 is 4.74 Å². The molecule has 1 N–H and O–H groups in total. The second kappa shape index (κ2) is 3.58. The summed E-state index contributed by atoms with van der Waals surface area (Å²) in [6.07, 6.45) is 0. The first-order valence-corrected chi connectivity index (χ1v) is 3.96. The zero-order chi connectivity index (χ0) is 8.43. The van der Waals surface area contributed by atoms with Crippen molar-refractivity contribution in [3.8, 4) is 0 Å². The number of methoxy groups -OCH3 is 1. The van der Waals surface area contributed by atoms with Crippen LogP contribution in [0.25, 0.3) is 0 Å². The molecular weight excluding hydrogens is 207 g/mol. The van der Waals surface area contributed by atoms with Crippen LogP contribution in [0.15, 0.2) is 0 Å². The molecule has 0 aliphatic carbocycles. The number of nitrogens with one attached hydrogen (secondary N) is 1. The second-order valence-corrected chi connectivity index (χ2v) is 3.00. The van der Waals surface area contributed by atoms with Gasteiger partial charge in [-0.3, -0.25) is 4.57 Å². The van der Waals surface area contributed by atoms with Crippen LogP contribution in [-0.2, 0) is 11.5 Å². The Morgan fingerprint density at radius 1 is 1.64 bits per heavy atom. The number of imidazole rings is 1. The fourth-order valence-electron chi connectivity index (χ4n) is 0.665. The molecule has 0 radical (unpaired) electrons. The molecule has 1 aromatic rings. The van der Waals surface area contributed by atoms with E-state index in [4.69, 9.17) is 40.2 Å². The van der Waals surface area contributed by atoms with E-state index in [2.05, 4.69) is 4.98 Å². The van der Waals surface area contributed by atoms with Gasteiger partial charge in [0.05, 0.1) is 0 Å². The van der Waals surface area contributed by atoms with E-state index in [0.717, 1.165) is 0 Å². The average Bonchev–Trinajstić information content (AvgIpc) is 2.17. The SMILES string of the molecule is COCn1c(Cl)c(Cl)[nH]c1=S. The first-order valence-electron chi connectivity index (χ1n) is 2.79. The summed E-state index contributed by atoms with van der Waals surface area (Å²) in [4.78, 5) is 2.69. The van der Waals surface area contributed by atoms with Crippen LogP contribution in [0.1, 0.15) is 0 Å². The lowest BCUT2D eigenvalue weighted by molar-refractivity contribution is 0.130. The Labute approximate surface area is 78.9 Å². The molecule has 0 fully saturated rings. The molecular formula is C5H6Cl2N2OS. The number of hydrogen-bond acceptors (Lipinski definition) is 2. The van der Waals surface area contributed by atoms with Crippen molar-refractivity contribution >= 4 is 35.4 Å². The van der Waals surface area contributed by atoms with Gasteiger partial charge in [0.15, 0.2) is 4.77 Å². The maximum absolute atomic E-state index is 5.75. The Balaban J connectivity index is 3.12. The quantitative estimate of drug-likeness (QED) is 0.764. The largest absolute Gasteiger partial charge is 0.364 e. The molecule has 0 aliphatic rings. The number of H-pyrrole nitrogens is 1. The number of hydrogen-bond donors (Lipinski definition) is 1. The van der Waals surface area contributed by atoms with Crippen molar-refractivity contribution in [2.45, 2.75) is 6.73 Å². The summed E-state index contributed by atoms with van der Waals surface area (Å²) in [6.45, 7) is 0.306. The molecule has 1 rings (SSSR count). The predicted molar refractivity (Wildman–Crippen MR) is 46.6 cm³/mol. The smallest absolute Gasteiger partial charge is 0.181 e. The van der Waals surface area contributed by atoms with E-state index in [1.807, 2.05) is 0 Å². The summed E-state index contributed by atoms with van der Waals surface area (Å²) < 4.78 is 6.85. The third-order valence-electron chi connectivity index (χ3n) is 1.14. The minimum atomic E-state index is 0.306. The van der Waals surface area contributed by atoms with Gasteiger partial charge in [0, 0.05) is 7.11 Å². The van der Waals surface area contributed by atoms with E-state index in [1.165, 1.54) is 0 Å². The van der Waals surface area contributed by atoms with Crippen LogP contribution in [0.4, 0.5) is 0 Å². The maximum atomic E-state index is 5.75. The van der Waals surface area contributed by atoms with Crippen LogP contribution in [0, 0.1) is 4.77 Å². The van der Waals surface area contributed by atoms with E-state index in [1.54, 1.807) is 11.7 Å². The number of ether oxygens (including phenoxy) is 1. The molecule has 0 saturated carbocycles. The van der Waals surface area contributed by atoms with Gasteiger partial charge in [0.2, 0.25) is 0 Å². The molecule has 1 heterocycles. The highest BCUT2D eigenvalue weighted by atomic mass is 35.5. The van der Waals surface area contributed by atoms with E-state index >= 15 is 0 Å². The molecule has 0 amide bonds. The predicted octanol–water partition coefficient (Wildman–Crippen LogP) is 2.46. The molecule has 0 unspecified atom stereocenters. The topological polar surface area (TPSA) is 29.9 Å². The lowest BCUT2D eigenvalue weighted by atomic mass is 10.9. The van der Waals surface area contributed by atoms with Crippen LogP contribution in [0.2, 0.25) is 10.3 Å². The molecule has 0 aromatic carbocycles. The molecule has 6 heteroatoms. The molecule has 3 nitrogen and oxygen atoms in total. The molecule has 0 saturated heterocycles. The third-order valence-corrected chi connectivity index (χ3v) is 2.22. The zero-order valence-corrected chi connectivity index (χ0v) is 8.06. The van der Waals surface area contributed by atoms with E-state index in [0.29, 0.717) is 21.8 Å². The van der Waals surface area contributed by atoms with E-state index in [-0.39, 0.29) is 0 Å². The van der Waals surface area contributed by atoms with Gasteiger partial charge in [-0.1, -0.05) is 23.2 Å². The molecule has 0 bridgehead atoms. The Morgan fingerprint density at radius 3 is 2.64 bits per heavy atom. The minimum Gasteiger partial charge on any atom is -0.364 e. The molecule has 62 valence electrons. The second-order valence-electron chi connectivity index (χ2n) is 1.88. The van der Waals surface area contributed by atoms with Crippen molar-refractivity contribution in [2.75, 3.05) is 7.11 Å². The summed E-state index contributed by atoms with van der Waals surface area (Å²) >= 11 is 16.3. The van der Waals surface area contributed by atoms with Gasteiger partial charge in [-0.2, -0.15) is 0 Å². The van der Waals surface area contributed by atoms with Crippen LogP contribution in [-0.4, -0.2) is 16.7 Å². The number of aromatic amines is 1. The lowest BCUT2D eigenvalue weighted by Gasteiger charge is -1.99. The summed E-state index contributed by atoms with van der Waals surface area (Å²) in [5.41, 5.74) is 0.